The van der Waals surface area contributed by atoms with Gasteiger partial charge in [0.05, 0.1) is 24.6 Å². The van der Waals surface area contributed by atoms with Gasteiger partial charge in [-0.3, -0.25) is 18.8 Å². The topological polar surface area (TPSA) is 103 Å². The van der Waals surface area contributed by atoms with Gasteiger partial charge in [-0.25, -0.2) is 0 Å². The largest absolute Gasteiger partial charge is 0.497 e. The van der Waals surface area contributed by atoms with Crippen LogP contribution in [0.3, 0.4) is 0 Å². The lowest BCUT2D eigenvalue weighted by Crippen LogP contribution is -2.33. The number of nitrogens with zero attached hydrogens (tertiary/aromatic N) is 2. The van der Waals surface area contributed by atoms with Crippen LogP contribution >= 0.6 is 0 Å². The molecule has 29 heavy (non-hydrogen) atoms. The standard InChI is InChI=1S/C21H15N3O5/c1-28-12-6-5-11-8-14(19(26)22-15(11)9-12)13-10-17(25)29-20-18(13)21(27)24-7-3-2-4-16(24)23-20/h2-9,13H,10H2,1H3,(H,22,26). The van der Waals surface area contributed by atoms with Crippen molar-refractivity contribution >= 4 is 22.5 Å². The molecule has 0 bridgehead atoms. The number of nitrogens with one attached hydrogen (secondary N) is 1. The fraction of sp³-hybridized carbons (Fsp3) is 0.143. The minimum absolute atomic E-state index is 0.0447. The van der Waals surface area contributed by atoms with Crippen molar-refractivity contribution in [2.75, 3.05) is 7.11 Å². The summed E-state index contributed by atoms with van der Waals surface area (Å²) in [5.41, 5.74) is 0.739. The average Bonchev–Trinajstić information content (AvgIpc) is 2.72. The molecule has 4 heterocycles. The second-order valence-electron chi connectivity index (χ2n) is 6.80. The molecule has 0 amide bonds. The van der Waals surface area contributed by atoms with Crippen molar-refractivity contribution in [2.45, 2.75) is 12.3 Å². The van der Waals surface area contributed by atoms with Crippen LogP contribution in [-0.2, 0) is 4.79 Å². The lowest BCUT2D eigenvalue weighted by atomic mass is 9.88. The van der Waals surface area contributed by atoms with Gasteiger partial charge in [-0.2, -0.15) is 4.98 Å². The van der Waals surface area contributed by atoms with Gasteiger partial charge in [0, 0.05) is 23.7 Å². The molecule has 8 nitrogen and oxygen atoms in total. The zero-order chi connectivity index (χ0) is 20.1. The normalized spacial score (nSPS) is 15.9. The lowest BCUT2D eigenvalue weighted by molar-refractivity contribution is -0.135. The minimum Gasteiger partial charge on any atom is -0.497 e. The Morgan fingerprint density at radius 2 is 2.03 bits per heavy atom. The van der Waals surface area contributed by atoms with Crippen LogP contribution in [0, 0.1) is 0 Å². The third-order valence-corrected chi connectivity index (χ3v) is 5.12. The summed E-state index contributed by atoms with van der Waals surface area (Å²) in [5, 5.41) is 0.759. The van der Waals surface area contributed by atoms with Crippen LogP contribution in [-0.4, -0.2) is 27.4 Å². The number of hydrogen-bond acceptors (Lipinski definition) is 6. The minimum atomic E-state index is -0.751. The van der Waals surface area contributed by atoms with E-state index in [1.165, 1.54) is 4.40 Å². The Hall–Kier alpha value is -3.94. The Bertz CT molecular complexity index is 1420. The molecule has 3 aromatic heterocycles. The number of carbonyl (C=O) groups excluding carboxylic acids is 1. The maximum Gasteiger partial charge on any atom is 0.313 e. The Labute approximate surface area is 163 Å². The van der Waals surface area contributed by atoms with Gasteiger partial charge in [-0.05, 0) is 35.7 Å². The van der Waals surface area contributed by atoms with E-state index in [0.29, 0.717) is 22.5 Å². The number of H-pyrrole nitrogens is 1. The van der Waals surface area contributed by atoms with E-state index in [4.69, 9.17) is 9.47 Å². The highest BCUT2D eigenvalue weighted by molar-refractivity contribution is 5.82. The third-order valence-electron chi connectivity index (χ3n) is 5.12. The summed E-state index contributed by atoms with van der Waals surface area (Å²) in [4.78, 5) is 45.3. The number of pyridine rings is 2. The SMILES string of the molecule is COc1ccc2cc(C3CC(=O)Oc4nc5ccccn5c(=O)c43)c(=O)[nH]c2c1. The van der Waals surface area contributed by atoms with Crippen LogP contribution in [0.25, 0.3) is 16.6 Å². The van der Waals surface area contributed by atoms with E-state index in [0.717, 1.165) is 5.39 Å². The molecule has 1 atom stereocenters. The maximum absolute atomic E-state index is 13.1. The van der Waals surface area contributed by atoms with E-state index in [9.17, 15) is 14.4 Å². The second kappa shape index (κ2) is 6.30. The van der Waals surface area contributed by atoms with Gasteiger partial charge < -0.3 is 14.5 Å². The maximum atomic E-state index is 13.1. The summed E-state index contributed by atoms with van der Waals surface area (Å²) in [5.74, 6) is -0.722. The Morgan fingerprint density at radius 1 is 1.17 bits per heavy atom. The highest BCUT2D eigenvalue weighted by atomic mass is 16.5. The molecular weight excluding hydrogens is 374 g/mol. The molecule has 0 fully saturated rings. The smallest absolute Gasteiger partial charge is 0.313 e. The molecule has 0 spiro atoms. The number of carbonyl (C=O) groups is 1. The molecule has 1 aliphatic heterocycles. The molecule has 0 aliphatic carbocycles. The molecule has 0 radical (unpaired) electrons. The first-order chi connectivity index (χ1) is 14.0. The number of fused-ring (bicyclic) bond motifs is 3. The monoisotopic (exact) mass is 389 g/mol. The number of hydrogen-bond donors (Lipinski definition) is 1. The molecule has 1 unspecified atom stereocenters. The highest BCUT2D eigenvalue weighted by Gasteiger charge is 2.34. The van der Waals surface area contributed by atoms with Crippen LogP contribution in [0.2, 0.25) is 0 Å². The van der Waals surface area contributed by atoms with E-state index in [-0.39, 0.29) is 29.0 Å². The van der Waals surface area contributed by atoms with Crippen LogP contribution < -0.4 is 20.6 Å². The van der Waals surface area contributed by atoms with Gasteiger partial charge in [-0.1, -0.05) is 6.07 Å². The predicted molar refractivity (Wildman–Crippen MR) is 105 cm³/mol. The molecule has 1 aliphatic rings. The van der Waals surface area contributed by atoms with Gasteiger partial charge in [0.25, 0.3) is 11.1 Å². The molecular formula is C21H15N3O5. The quantitative estimate of drug-likeness (QED) is 0.526. The second-order valence-corrected chi connectivity index (χ2v) is 6.80. The lowest BCUT2D eigenvalue weighted by Gasteiger charge is -2.23. The van der Waals surface area contributed by atoms with E-state index in [1.54, 1.807) is 55.8 Å². The Balaban J connectivity index is 1.77. The Morgan fingerprint density at radius 3 is 2.86 bits per heavy atom. The molecule has 5 rings (SSSR count). The van der Waals surface area contributed by atoms with Crippen molar-refractivity contribution in [3.8, 4) is 11.6 Å². The third kappa shape index (κ3) is 2.68. The van der Waals surface area contributed by atoms with Gasteiger partial charge >= 0.3 is 5.97 Å². The van der Waals surface area contributed by atoms with E-state index in [1.807, 2.05) is 0 Å². The number of aromatic nitrogens is 3. The molecule has 4 aromatic rings. The van der Waals surface area contributed by atoms with Gasteiger partial charge in [0.15, 0.2) is 0 Å². The highest BCUT2D eigenvalue weighted by Crippen LogP contribution is 2.35. The van der Waals surface area contributed by atoms with Crippen molar-refractivity contribution < 1.29 is 14.3 Å². The first kappa shape index (κ1) is 17.2. The number of ether oxygens (including phenoxy) is 2. The molecule has 1 N–H and O–H groups in total. The van der Waals surface area contributed by atoms with E-state index >= 15 is 0 Å². The molecule has 0 saturated carbocycles. The van der Waals surface area contributed by atoms with Crippen molar-refractivity contribution in [3.63, 3.8) is 0 Å². The van der Waals surface area contributed by atoms with Gasteiger partial charge in [0.2, 0.25) is 5.88 Å². The summed E-state index contributed by atoms with van der Waals surface area (Å²) in [6, 6.07) is 12.1. The molecule has 0 saturated heterocycles. The van der Waals surface area contributed by atoms with Gasteiger partial charge in [-0.15, -0.1) is 0 Å². The zero-order valence-electron chi connectivity index (χ0n) is 15.3. The average molecular weight is 389 g/mol. The number of rotatable bonds is 2. The summed E-state index contributed by atoms with van der Waals surface area (Å²) >= 11 is 0. The van der Waals surface area contributed by atoms with Crippen LogP contribution in [0.15, 0.2) is 58.3 Å². The van der Waals surface area contributed by atoms with Crippen LogP contribution in [0.1, 0.15) is 23.5 Å². The molecule has 8 heteroatoms. The van der Waals surface area contributed by atoms with E-state index < -0.39 is 11.9 Å². The molecule has 1 aromatic carbocycles. The van der Waals surface area contributed by atoms with Crippen molar-refractivity contribution in [1.29, 1.82) is 0 Å². The Kier molecular flexibility index (Phi) is 3.73. The summed E-state index contributed by atoms with van der Waals surface area (Å²) in [6.45, 7) is 0. The van der Waals surface area contributed by atoms with Crippen molar-refractivity contribution in [3.05, 3.63) is 80.5 Å². The number of esters is 1. The van der Waals surface area contributed by atoms with Crippen molar-refractivity contribution in [2.24, 2.45) is 0 Å². The van der Waals surface area contributed by atoms with E-state index in [2.05, 4.69) is 9.97 Å². The van der Waals surface area contributed by atoms with Crippen LogP contribution in [0.5, 0.6) is 11.6 Å². The summed E-state index contributed by atoms with van der Waals surface area (Å²) in [7, 11) is 1.54. The van der Waals surface area contributed by atoms with Crippen LogP contribution in [0.4, 0.5) is 0 Å². The molecule has 144 valence electrons. The fourth-order valence-electron chi connectivity index (χ4n) is 3.72. The van der Waals surface area contributed by atoms with Crippen molar-refractivity contribution in [1.82, 2.24) is 14.4 Å². The number of aromatic amines is 1. The first-order valence-electron chi connectivity index (χ1n) is 8.98. The summed E-state index contributed by atoms with van der Waals surface area (Å²) < 4.78 is 11.8. The summed E-state index contributed by atoms with van der Waals surface area (Å²) in [6.07, 6.45) is 1.48. The fourth-order valence-corrected chi connectivity index (χ4v) is 3.72. The number of methoxy groups -OCH3 is 1. The number of benzene rings is 1. The first-order valence-corrected chi connectivity index (χ1v) is 8.98. The zero-order valence-corrected chi connectivity index (χ0v) is 15.3. The van der Waals surface area contributed by atoms with Gasteiger partial charge in [0.1, 0.15) is 11.4 Å². The predicted octanol–water partition coefficient (Wildman–Crippen LogP) is 1.99.